The first-order chi connectivity index (χ1) is 16.1. The molecule has 1 atom stereocenters. The van der Waals surface area contributed by atoms with Gasteiger partial charge < -0.3 is 25.4 Å². The summed E-state index contributed by atoms with van der Waals surface area (Å²) >= 11 is 0. The highest BCUT2D eigenvalue weighted by molar-refractivity contribution is 5.97. The molecule has 0 fully saturated rings. The first-order valence-electron chi connectivity index (χ1n) is 11.1. The maximum atomic E-state index is 12.7. The smallest absolute Gasteiger partial charge is 0.255 e. The summed E-state index contributed by atoms with van der Waals surface area (Å²) in [5.41, 5.74) is 1.38. The predicted octanol–water partition coefficient (Wildman–Crippen LogP) is 1.62. The molecule has 0 radical (unpaired) electrons. The fourth-order valence-corrected chi connectivity index (χ4v) is 3.50. The van der Waals surface area contributed by atoms with Gasteiger partial charge in [-0.25, -0.2) is 0 Å². The van der Waals surface area contributed by atoms with E-state index in [1.165, 1.54) is 7.11 Å². The van der Waals surface area contributed by atoms with E-state index in [2.05, 4.69) is 20.9 Å². The fraction of sp³-hybridized carbons (Fsp3) is 0.417. The fourth-order valence-electron chi connectivity index (χ4n) is 3.50. The van der Waals surface area contributed by atoms with Crippen molar-refractivity contribution in [2.45, 2.75) is 38.1 Å². The molecule has 1 aromatic heterocycles. The number of nitrogens with one attached hydrogen (secondary N) is 3. The summed E-state index contributed by atoms with van der Waals surface area (Å²) in [6, 6.07) is 8.11. The summed E-state index contributed by atoms with van der Waals surface area (Å²) in [5.74, 6) is 0.291. The van der Waals surface area contributed by atoms with Gasteiger partial charge in [0, 0.05) is 31.4 Å². The average molecular weight is 455 g/mol. The number of carbonyl (C=O) groups excluding carboxylic acids is 3. The summed E-state index contributed by atoms with van der Waals surface area (Å²) in [5, 5.41) is 8.54. The number of aryl methyl sites for hydroxylation is 1. The number of carbonyl (C=O) groups is 3. The van der Waals surface area contributed by atoms with E-state index in [9.17, 15) is 14.4 Å². The quantitative estimate of drug-likeness (QED) is 0.632. The summed E-state index contributed by atoms with van der Waals surface area (Å²) < 4.78 is 11.0. The SMILES string of the molecule is COc1ccc2c(c1)OCCNC(=O)[C@@H](NC(=O)CCc1cccnc1)CCCCNC2=O. The van der Waals surface area contributed by atoms with Gasteiger partial charge in [-0.05, 0) is 49.4 Å². The first kappa shape index (κ1) is 24.0. The Balaban J connectivity index is 1.59. The average Bonchev–Trinajstić information content (AvgIpc) is 2.84. The standard InChI is InChI=1S/C24H30N4O5/c1-32-18-8-9-19-21(15-18)33-14-13-27-24(31)20(6-2-3-12-26-23(19)30)28-22(29)10-7-17-5-4-11-25-16-17/h4-5,8-9,11,15-16,20H,2-3,6-7,10,12-14H2,1H3,(H,26,30)(H,27,31)(H,28,29)/t20-/m0/s1. The van der Waals surface area contributed by atoms with E-state index in [-0.39, 0.29) is 37.3 Å². The van der Waals surface area contributed by atoms with Gasteiger partial charge >= 0.3 is 0 Å². The number of nitrogens with zero attached hydrogens (tertiary/aromatic N) is 1. The number of aromatic nitrogens is 1. The molecule has 1 aromatic carbocycles. The molecule has 1 aliphatic rings. The summed E-state index contributed by atoms with van der Waals surface area (Å²) in [6.45, 7) is 0.855. The van der Waals surface area contributed by atoms with Gasteiger partial charge in [-0.15, -0.1) is 0 Å². The predicted molar refractivity (Wildman–Crippen MR) is 122 cm³/mol. The van der Waals surface area contributed by atoms with Crippen molar-refractivity contribution in [2.24, 2.45) is 0 Å². The summed E-state index contributed by atoms with van der Waals surface area (Å²) in [4.78, 5) is 41.8. The normalized spacial score (nSPS) is 17.4. The molecule has 33 heavy (non-hydrogen) atoms. The molecule has 0 spiro atoms. The molecule has 9 heteroatoms. The van der Waals surface area contributed by atoms with Crippen LogP contribution < -0.4 is 25.4 Å². The van der Waals surface area contributed by atoms with Crippen LogP contribution in [0.25, 0.3) is 0 Å². The lowest BCUT2D eigenvalue weighted by Gasteiger charge is -2.20. The van der Waals surface area contributed by atoms with E-state index in [0.717, 1.165) is 5.56 Å². The Labute approximate surface area is 193 Å². The van der Waals surface area contributed by atoms with Gasteiger partial charge in [0.1, 0.15) is 24.1 Å². The Morgan fingerprint density at radius 3 is 2.88 bits per heavy atom. The van der Waals surface area contributed by atoms with Crippen molar-refractivity contribution in [3.8, 4) is 11.5 Å². The number of fused-ring (bicyclic) bond motifs is 1. The van der Waals surface area contributed by atoms with Crippen LogP contribution in [0.15, 0.2) is 42.7 Å². The van der Waals surface area contributed by atoms with Crippen LogP contribution in [0.3, 0.4) is 0 Å². The van der Waals surface area contributed by atoms with Crippen LogP contribution in [0.4, 0.5) is 0 Å². The molecule has 9 nitrogen and oxygen atoms in total. The zero-order valence-corrected chi connectivity index (χ0v) is 18.8. The second-order valence-corrected chi connectivity index (χ2v) is 7.73. The molecule has 0 saturated heterocycles. The number of pyridine rings is 1. The Kier molecular flexibility index (Phi) is 9.05. The molecule has 1 aliphatic heterocycles. The number of ether oxygens (including phenoxy) is 2. The van der Waals surface area contributed by atoms with Gasteiger partial charge in [-0.3, -0.25) is 19.4 Å². The minimum Gasteiger partial charge on any atom is -0.497 e. The van der Waals surface area contributed by atoms with Crippen LogP contribution in [0.1, 0.15) is 41.6 Å². The molecular weight excluding hydrogens is 424 g/mol. The number of amides is 3. The van der Waals surface area contributed by atoms with Crippen LogP contribution in [0.2, 0.25) is 0 Å². The molecule has 0 unspecified atom stereocenters. The Bertz CT molecular complexity index is 951. The third-order valence-electron chi connectivity index (χ3n) is 5.31. The number of methoxy groups -OCH3 is 1. The minimum atomic E-state index is -0.641. The van der Waals surface area contributed by atoms with Gasteiger partial charge in [-0.1, -0.05) is 6.07 Å². The van der Waals surface area contributed by atoms with E-state index in [1.54, 1.807) is 30.6 Å². The number of benzene rings is 1. The lowest BCUT2D eigenvalue weighted by Crippen LogP contribution is -2.47. The minimum absolute atomic E-state index is 0.168. The van der Waals surface area contributed by atoms with Gasteiger partial charge in [0.15, 0.2) is 0 Å². The molecule has 2 aromatic rings. The van der Waals surface area contributed by atoms with E-state index in [4.69, 9.17) is 9.47 Å². The Hall–Kier alpha value is -3.62. The van der Waals surface area contributed by atoms with Crippen molar-refractivity contribution in [2.75, 3.05) is 26.8 Å². The third kappa shape index (κ3) is 7.48. The lowest BCUT2D eigenvalue weighted by atomic mass is 10.1. The zero-order chi connectivity index (χ0) is 23.5. The van der Waals surface area contributed by atoms with Crippen LogP contribution >= 0.6 is 0 Å². The first-order valence-corrected chi connectivity index (χ1v) is 11.1. The van der Waals surface area contributed by atoms with Crippen molar-refractivity contribution in [3.05, 3.63) is 53.9 Å². The maximum absolute atomic E-state index is 12.7. The lowest BCUT2D eigenvalue weighted by molar-refractivity contribution is -0.129. The largest absolute Gasteiger partial charge is 0.497 e. The van der Waals surface area contributed by atoms with Gasteiger partial charge in [-0.2, -0.15) is 0 Å². The second-order valence-electron chi connectivity index (χ2n) is 7.73. The highest BCUT2D eigenvalue weighted by atomic mass is 16.5. The Morgan fingerprint density at radius 2 is 2.09 bits per heavy atom. The molecule has 0 aliphatic carbocycles. The van der Waals surface area contributed by atoms with Crippen molar-refractivity contribution < 1.29 is 23.9 Å². The van der Waals surface area contributed by atoms with Crippen LogP contribution in [0, 0.1) is 0 Å². The van der Waals surface area contributed by atoms with Gasteiger partial charge in [0.05, 0.1) is 19.2 Å². The van der Waals surface area contributed by atoms with Gasteiger partial charge in [0.25, 0.3) is 5.91 Å². The molecule has 3 amide bonds. The van der Waals surface area contributed by atoms with Crippen molar-refractivity contribution in [1.29, 1.82) is 0 Å². The van der Waals surface area contributed by atoms with Crippen LogP contribution in [-0.2, 0) is 16.0 Å². The van der Waals surface area contributed by atoms with Crippen LogP contribution in [0.5, 0.6) is 11.5 Å². The van der Waals surface area contributed by atoms with Crippen molar-refractivity contribution >= 4 is 17.7 Å². The summed E-state index contributed by atoms with van der Waals surface area (Å²) in [7, 11) is 1.54. The number of hydrogen-bond acceptors (Lipinski definition) is 6. The van der Waals surface area contributed by atoms with E-state index >= 15 is 0 Å². The highest BCUT2D eigenvalue weighted by Crippen LogP contribution is 2.25. The monoisotopic (exact) mass is 454 g/mol. The highest BCUT2D eigenvalue weighted by Gasteiger charge is 2.21. The molecule has 0 saturated carbocycles. The van der Waals surface area contributed by atoms with E-state index < -0.39 is 6.04 Å². The number of rotatable bonds is 5. The van der Waals surface area contributed by atoms with E-state index in [1.807, 2.05) is 12.1 Å². The van der Waals surface area contributed by atoms with Crippen LogP contribution in [-0.4, -0.2) is 55.6 Å². The molecule has 3 N–H and O–H groups in total. The second kappa shape index (κ2) is 12.4. The summed E-state index contributed by atoms with van der Waals surface area (Å²) in [6.07, 6.45) is 6.06. The third-order valence-corrected chi connectivity index (χ3v) is 5.31. The Morgan fingerprint density at radius 1 is 1.21 bits per heavy atom. The molecule has 0 bridgehead atoms. The molecule has 2 heterocycles. The van der Waals surface area contributed by atoms with Crippen molar-refractivity contribution in [1.82, 2.24) is 20.9 Å². The zero-order valence-electron chi connectivity index (χ0n) is 18.8. The topological polar surface area (TPSA) is 119 Å². The number of hydrogen-bond donors (Lipinski definition) is 3. The van der Waals surface area contributed by atoms with Gasteiger partial charge in [0.2, 0.25) is 11.8 Å². The van der Waals surface area contributed by atoms with E-state index in [0.29, 0.717) is 49.3 Å². The van der Waals surface area contributed by atoms with Crippen molar-refractivity contribution in [3.63, 3.8) is 0 Å². The molecule has 3 rings (SSSR count). The molecule has 176 valence electrons. The maximum Gasteiger partial charge on any atom is 0.255 e. The molecular formula is C24H30N4O5.